The van der Waals surface area contributed by atoms with Crippen LogP contribution in [0.3, 0.4) is 0 Å². The molecule has 0 amide bonds. The molecule has 1 atom stereocenters. The van der Waals surface area contributed by atoms with Crippen LogP contribution in [0, 0.1) is 5.92 Å². The second kappa shape index (κ2) is 6.01. The fourth-order valence-corrected chi connectivity index (χ4v) is 2.62. The van der Waals surface area contributed by atoms with Crippen molar-refractivity contribution in [3.8, 4) is 0 Å². The van der Waals surface area contributed by atoms with Crippen LogP contribution in [0.1, 0.15) is 31.4 Å². The van der Waals surface area contributed by atoms with Crippen molar-refractivity contribution in [1.82, 2.24) is 9.55 Å². The third kappa shape index (κ3) is 3.42. The van der Waals surface area contributed by atoms with Crippen LogP contribution in [0.5, 0.6) is 0 Å². The second-order valence-corrected chi connectivity index (χ2v) is 6.24. The monoisotopic (exact) mass is 319 g/mol. The van der Waals surface area contributed by atoms with E-state index in [0.29, 0.717) is 23.3 Å². The average Bonchev–Trinajstić information content (AvgIpc) is 3.27. The molecule has 2 N–H and O–H groups in total. The number of rotatable bonds is 5. The number of hydrogen-bond donors (Lipinski definition) is 2. The summed E-state index contributed by atoms with van der Waals surface area (Å²) in [7, 11) is 0. The van der Waals surface area contributed by atoms with Gasteiger partial charge in [-0.05, 0) is 43.4 Å². The average molecular weight is 320 g/mol. The first-order valence-electron chi connectivity index (χ1n) is 7.39. The van der Waals surface area contributed by atoms with Gasteiger partial charge in [-0.3, -0.25) is 14.3 Å². The molecule has 3 rings (SSSR count). The van der Waals surface area contributed by atoms with Gasteiger partial charge in [0.25, 0.3) is 5.56 Å². The van der Waals surface area contributed by atoms with Gasteiger partial charge in [0.2, 0.25) is 0 Å². The van der Waals surface area contributed by atoms with E-state index in [1.54, 1.807) is 6.07 Å². The normalized spacial score (nSPS) is 15.5. The molecule has 0 radical (unpaired) electrons. The maximum absolute atomic E-state index is 12.1. The van der Waals surface area contributed by atoms with E-state index in [4.69, 9.17) is 11.6 Å². The minimum absolute atomic E-state index is 0.0759. The quantitative estimate of drug-likeness (QED) is 0.890. The minimum atomic E-state index is -0.361. The van der Waals surface area contributed by atoms with Gasteiger partial charge in [0.15, 0.2) is 0 Å². The topological polar surface area (TPSA) is 66.9 Å². The van der Waals surface area contributed by atoms with Gasteiger partial charge in [0.1, 0.15) is 5.82 Å². The highest BCUT2D eigenvalue weighted by molar-refractivity contribution is 6.30. The minimum Gasteiger partial charge on any atom is -0.365 e. The lowest BCUT2D eigenvalue weighted by Crippen LogP contribution is -2.35. The van der Waals surface area contributed by atoms with Crippen LogP contribution in [-0.2, 0) is 6.54 Å². The summed E-state index contributed by atoms with van der Waals surface area (Å²) in [6.07, 6.45) is 2.19. The number of aromatic nitrogens is 2. The highest BCUT2D eigenvalue weighted by atomic mass is 35.5. The lowest BCUT2D eigenvalue weighted by atomic mass is 10.1. The first kappa shape index (κ1) is 14.9. The van der Waals surface area contributed by atoms with Crippen LogP contribution in [0.4, 0.5) is 5.82 Å². The van der Waals surface area contributed by atoms with Crippen molar-refractivity contribution in [2.24, 2.45) is 5.92 Å². The number of hydrogen-bond acceptors (Lipinski definition) is 3. The van der Waals surface area contributed by atoms with Crippen LogP contribution in [0.25, 0.3) is 0 Å². The number of anilines is 1. The fourth-order valence-electron chi connectivity index (χ4n) is 2.42. The van der Waals surface area contributed by atoms with Crippen molar-refractivity contribution in [3.05, 3.63) is 61.8 Å². The Morgan fingerprint density at radius 1 is 1.36 bits per heavy atom. The lowest BCUT2D eigenvalue weighted by Gasteiger charge is -2.16. The molecule has 0 bridgehead atoms. The predicted molar refractivity (Wildman–Crippen MR) is 87.5 cm³/mol. The van der Waals surface area contributed by atoms with Crippen molar-refractivity contribution in [2.45, 2.75) is 32.4 Å². The molecule has 1 aromatic heterocycles. The third-order valence-corrected chi connectivity index (χ3v) is 4.11. The lowest BCUT2D eigenvalue weighted by molar-refractivity contribution is 0.575. The number of halogens is 1. The molecule has 1 unspecified atom stereocenters. The maximum atomic E-state index is 12.1. The molecular formula is C16H18ClN3O2. The Kier molecular flexibility index (Phi) is 4.07. The van der Waals surface area contributed by atoms with Gasteiger partial charge in [-0.2, -0.15) is 0 Å². The third-order valence-electron chi connectivity index (χ3n) is 3.88. The molecule has 1 saturated carbocycles. The predicted octanol–water partition coefficient (Wildman–Crippen LogP) is 2.77. The smallest absolute Gasteiger partial charge is 0.329 e. The van der Waals surface area contributed by atoms with Gasteiger partial charge >= 0.3 is 5.69 Å². The largest absolute Gasteiger partial charge is 0.365 e. The first-order valence-corrected chi connectivity index (χ1v) is 7.77. The summed E-state index contributed by atoms with van der Waals surface area (Å²) in [4.78, 5) is 26.8. The van der Waals surface area contributed by atoms with Crippen molar-refractivity contribution in [3.63, 3.8) is 0 Å². The summed E-state index contributed by atoms with van der Waals surface area (Å²) in [5, 5.41) is 3.79. The van der Waals surface area contributed by atoms with Gasteiger partial charge in [-0.1, -0.05) is 23.7 Å². The van der Waals surface area contributed by atoms with E-state index in [-0.39, 0.29) is 17.3 Å². The van der Waals surface area contributed by atoms with Gasteiger partial charge in [-0.15, -0.1) is 0 Å². The van der Waals surface area contributed by atoms with E-state index < -0.39 is 0 Å². The van der Waals surface area contributed by atoms with Crippen LogP contribution >= 0.6 is 11.6 Å². The standard InChI is InChI=1S/C16H18ClN3O2/c1-10(12-3-2-4-13(17)7-12)18-14-8-15(21)20(16(22)19-14)9-11-5-6-11/h2-4,7-8,10-11,18H,5-6,9H2,1H3,(H,19,22). The number of nitrogens with zero attached hydrogens (tertiary/aromatic N) is 1. The highest BCUT2D eigenvalue weighted by Crippen LogP contribution is 2.29. The Bertz CT molecular complexity index is 761. The van der Waals surface area contributed by atoms with E-state index in [2.05, 4.69) is 10.3 Å². The Labute approximate surface area is 132 Å². The summed E-state index contributed by atoms with van der Waals surface area (Å²) >= 11 is 5.98. The molecule has 6 heteroatoms. The molecule has 22 heavy (non-hydrogen) atoms. The summed E-state index contributed by atoms with van der Waals surface area (Å²) in [6.45, 7) is 2.46. The molecule has 0 saturated heterocycles. The van der Waals surface area contributed by atoms with Crippen LogP contribution in [-0.4, -0.2) is 9.55 Å². The van der Waals surface area contributed by atoms with E-state index in [0.717, 1.165) is 18.4 Å². The molecule has 1 heterocycles. The Hall–Kier alpha value is -2.01. The Morgan fingerprint density at radius 2 is 2.14 bits per heavy atom. The molecular weight excluding hydrogens is 302 g/mol. The van der Waals surface area contributed by atoms with Crippen LogP contribution in [0.15, 0.2) is 39.9 Å². The van der Waals surface area contributed by atoms with E-state index in [9.17, 15) is 9.59 Å². The van der Waals surface area contributed by atoms with Gasteiger partial charge in [0, 0.05) is 23.7 Å². The molecule has 116 valence electrons. The Morgan fingerprint density at radius 3 is 2.77 bits per heavy atom. The van der Waals surface area contributed by atoms with Gasteiger partial charge < -0.3 is 5.32 Å². The molecule has 0 aliphatic heterocycles. The second-order valence-electron chi connectivity index (χ2n) is 5.80. The number of H-pyrrole nitrogens is 1. The van der Waals surface area contributed by atoms with Crippen molar-refractivity contribution in [1.29, 1.82) is 0 Å². The molecule has 1 aromatic carbocycles. The summed E-state index contributed by atoms with van der Waals surface area (Å²) in [5.74, 6) is 0.900. The molecule has 1 fully saturated rings. The van der Waals surface area contributed by atoms with E-state index >= 15 is 0 Å². The molecule has 1 aliphatic carbocycles. The summed E-state index contributed by atoms with van der Waals surface area (Å²) < 4.78 is 1.27. The van der Waals surface area contributed by atoms with Crippen molar-refractivity contribution < 1.29 is 0 Å². The molecule has 1 aliphatic rings. The zero-order chi connectivity index (χ0) is 15.7. The van der Waals surface area contributed by atoms with Gasteiger partial charge in [0.05, 0.1) is 0 Å². The van der Waals surface area contributed by atoms with Crippen LogP contribution < -0.4 is 16.6 Å². The van der Waals surface area contributed by atoms with Crippen LogP contribution in [0.2, 0.25) is 5.02 Å². The molecule has 2 aromatic rings. The number of benzene rings is 1. The maximum Gasteiger partial charge on any atom is 0.329 e. The molecule has 0 spiro atoms. The summed E-state index contributed by atoms with van der Waals surface area (Å²) in [5.41, 5.74) is 0.354. The summed E-state index contributed by atoms with van der Waals surface area (Å²) in [6, 6.07) is 8.82. The van der Waals surface area contributed by atoms with Crippen molar-refractivity contribution in [2.75, 3.05) is 5.32 Å². The number of nitrogens with one attached hydrogen (secondary N) is 2. The SMILES string of the molecule is CC(Nc1cc(=O)n(CC2CC2)c(=O)[nH]1)c1cccc(Cl)c1. The zero-order valence-corrected chi connectivity index (χ0v) is 13.1. The van der Waals surface area contributed by atoms with E-state index in [1.165, 1.54) is 10.6 Å². The zero-order valence-electron chi connectivity index (χ0n) is 12.3. The van der Waals surface area contributed by atoms with Crippen molar-refractivity contribution >= 4 is 17.4 Å². The van der Waals surface area contributed by atoms with E-state index in [1.807, 2.05) is 25.1 Å². The Balaban J connectivity index is 1.80. The van der Waals surface area contributed by atoms with Gasteiger partial charge in [-0.25, -0.2) is 4.79 Å². The fraction of sp³-hybridized carbons (Fsp3) is 0.375. The number of aromatic amines is 1. The molecule has 5 nitrogen and oxygen atoms in total. The first-order chi connectivity index (χ1) is 10.5. The highest BCUT2D eigenvalue weighted by Gasteiger charge is 2.23.